The van der Waals surface area contributed by atoms with Crippen LogP contribution in [0, 0.1) is 0 Å². The average Bonchev–Trinajstić information content (AvgIpc) is 3.33. The molecule has 1 fully saturated rings. The van der Waals surface area contributed by atoms with Crippen LogP contribution in [0.2, 0.25) is 0 Å². The Labute approximate surface area is 183 Å². The Morgan fingerprint density at radius 1 is 0.968 bits per heavy atom. The maximum absolute atomic E-state index is 12.8. The molecule has 1 aliphatic heterocycles. The molecular weight excluding hydrogens is 390 g/mol. The van der Waals surface area contributed by atoms with Crippen molar-refractivity contribution in [3.63, 3.8) is 0 Å². The molecule has 1 heterocycles. The van der Waals surface area contributed by atoms with Crippen LogP contribution in [-0.4, -0.2) is 31.8 Å². The molecule has 0 radical (unpaired) electrons. The Hall–Kier alpha value is -3.31. The number of hydrogen-bond acceptors (Lipinski definition) is 4. The van der Waals surface area contributed by atoms with Crippen LogP contribution in [0.15, 0.2) is 78.9 Å². The van der Waals surface area contributed by atoms with Gasteiger partial charge in [-0.1, -0.05) is 48.5 Å². The SMILES string of the molecule is O=C(Nc1ccccc1OCC1CCCO1)c1cccc(OCCc2ccccc2)c1. The van der Waals surface area contributed by atoms with E-state index in [2.05, 4.69) is 17.4 Å². The van der Waals surface area contributed by atoms with Crippen molar-refractivity contribution in [2.24, 2.45) is 0 Å². The summed E-state index contributed by atoms with van der Waals surface area (Å²) in [6.07, 6.45) is 3.00. The number of anilines is 1. The third-order valence-corrected chi connectivity index (χ3v) is 5.18. The second-order valence-electron chi connectivity index (χ2n) is 7.51. The van der Waals surface area contributed by atoms with E-state index in [1.807, 2.05) is 54.6 Å². The normalized spacial score (nSPS) is 15.4. The third-order valence-electron chi connectivity index (χ3n) is 5.18. The van der Waals surface area contributed by atoms with Gasteiger partial charge in [0.15, 0.2) is 0 Å². The molecule has 5 heteroatoms. The van der Waals surface area contributed by atoms with E-state index >= 15 is 0 Å². The molecule has 3 aromatic rings. The Kier molecular flexibility index (Phi) is 7.19. The minimum absolute atomic E-state index is 0.119. The molecule has 1 saturated heterocycles. The number of rotatable bonds is 9. The van der Waals surface area contributed by atoms with Gasteiger partial charge in [-0.2, -0.15) is 0 Å². The van der Waals surface area contributed by atoms with Crippen LogP contribution in [0.1, 0.15) is 28.8 Å². The van der Waals surface area contributed by atoms with Crippen molar-refractivity contribution in [3.8, 4) is 11.5 Å². The largest absolute Gasteiger partial charge is 0.493 e. The maximum Gasteiger partial charge on any atom is 0.255 e. The summed E-state index contributed by atoms with van der Waals surface area (Å²) in [5.74, 6) is 1.11. The second kappa shape index (κ2) is 10.6. The van der Waals surface area contributed by atoms with Crippen LogP contribution >= 0.6 is 0 Å². The van der Waals surface area contributed by atoms with Gasteiger partial charge in [0, 0.05) is 18.6 Å². The van der Waals surface area contributed by atoms with Gasteiger partial charge in [0.1, 0.15) is 18.1 Å². The van der Waals surface area contributed by atoms with Gasteiger partial charge in [-0.3, -0.25) is 4.79 Å². The van der Waals surface area contributed by atoms with Crippen LogP contribution in [0.25, 0.3) is 0 Å². The fraction of sp³-hybridized carbons (Fsp3) is 0.269. The third kappa shape index (κ3) is 6.09. The first-order valence-corrected chi connectivity index (χ1v) is 10.7. The number of amides is 1. The smallest absolute Gasteiger partial charge is 0.255 e. The standard InChI is InChI=1S/C26H27NO4/c28-26(27-24-13-4-5-14-25(24)31-19-23-12-7-16-29-23)21-10-6-11-22(18-21)30-17-15-20-8-2-1-3-9-20/h1-6,8-11,13-14,18,23H,7,12,15-17,19H2,(H,27,28). The predicted molar refractivity (Wildman–Crippen MR) is 121 cm³/mol. The van der Waals surface area contributed by atoms with Crippen LogP contribution in [0.3, 0.4) is 0 Å². The van der Waals surface area contributed by atoms with E-state index in [9.17, 15) is 4.79 Å². The molecule has 0 bridgehead atoms. The van der Waals surface area contributed by atoms with Crippen molar-refractivity contribution in [2.45, 2.75) is 25.4 Å². The van der Waals surface area contributed by atoms with Gasteiger partial charge in [-0.15, -0.1) is 0 Å². The molecule has 0 saturated carbocycles. The molecule has 1 aliphatic rings. The molecule has 1 amide bonds. The van der Waals surface area contributed by atoms with E-state index < -0.39 is 0 Å². The summed E-state index contributed by atoms with van der Waals surface area (Å²) in [4.78, 5) is 12.8. The second-order valence-corrected chi connectivity index (χ2v) is 7.51. The summed E-state index contributed by atoms with van der Waals surface area (Å²) in [6.45, 7) is 1.82. The zero-order valence-corrected chi connectivity index (χ0v) is 17.5. The van der Waals surface area contributed by atoms with Crippen molar-refractivity contribution in [1.29, 1.82) is 0 Å². The fourth-order valence-corrected chi connectivity index (χ4v) is 3.51. The van der Waals surface area contributed by atoms with Crippen molar-refractivity contribution in [2.75, 3.05) is 25.1 Å². The summed E-state index contributed by atoms with van der Waals surface area (Å²) >= 11 is 0. The van der Waals surface area contributed by atoms with Gasteiger partial charge in [-0.25, -0.2) is 0 Å². The van der Waals surface area contributed by atoms with E-state index in [1.54, 1.807) is 12.1 Å². The van der Waals surface area contributed by atoms with Crippen LogP contribution in [0.5, 0.6) is 11.5 Å². The fourth-order valence-electron chi connectivity index (χ4n) is 3.51. The van der Waals surface area contributed by atoms with E-state index in [0.29, 0.717) is 36.0 Å². The van der Waals surface area contributed by atoms with Crippen LogP contribution < -0.4 is 14.8 Å². The average molecular weight is 418 g/mol. The molecule has 1 unspecified atom stereocenters. The maximum atomic E-state index is 12.8. The highest BCUT2D eigenvalue weighted by atomic mass is 16.5. The van der Waals surface area contributed by atoms with E-state index in [4.69, 9.17) is 14.2 Å². The predicted octanol–water partition coefficient (Wildman–Crippen LogP) is 5.12. The topological polar surface area (TPSA) is 56.8 Å². The summed E-state index contributed by atoms with van der Waals surface area (Å²) in [7, 11) is 0. The molecular formula is C26H27NO4. The lowest BCUT2D eigenvalue weighted by atomic mass is 10.1. The van der Waals surface area contributed by atoms with Crippen molar-refractivity contribution in [1.82, 2.24) is 0 Å². The zero-order chi connectivity index (χ0) is 21.3. The monoisotopic (exact) mass is 417 g/mol. The Bertz CT molecular complexity index is 983. The minimum atomic E-state index is -0.207. The number of nitrogens with one attached hydrogen (secondary N) is 1. The Balaban J connectivity index is 1.34. The molecule has 0 spiro atoms. The molecule has 1 atom stereocenters. The summed E-state index contributed by atoms with van der Waals surface area (Å²) < 4.78 is 17.4. The van der Waals surface area contributed by atoms with Gasteiger partial charge in [0.05, 0.1) is 18.4 Å². The van der Waals surface area contributed by atoms with Gasteiger partial charge in [0.25, 0.3) is 5.91 Å². The van der Waals surface area contributed by atoms with Crippen molar-refractivity contribution < 1.29 is 19.0 Å². The first-order chi connectivity index (χ1) is 15.3. The Morgan fingerprint density at radius 2 is 1.81 bits per heavy atom. The molecule has 0 aliphatic carbocycles. The molecule has 160 valence electrons. The van der Waals surface area contributed by atoms with Gasteiger partial charge >= 0.3 is 0 Å². The van der Waals surface area contributed by atoms with E-state index in [1.165, 1.54) is 5.56 Å². The quantitative estimate of drug-likeness (QED) is 0.525. The summed E-state index contributed by atoms with van der Waals surface area (Å²) in [5.41, 5.74) is 2.39. The number of ether oxygens (including phenoxy) is 3. The number of para-hydroxylation sites is 2. The van der Waals surface area contributed by atoms with Gasteiger partial charge < -0.3 is 19.5 Å². The first kappa shape index (κ1) is 20.9. The summed E-state index contributed by atoms with van der Waals surface area (Å²) in [6, 6.07) is 24.9. The molecule has 31 heavy (non-hydrogen) atoms. The number of hydrogen-bond donors (Lipinski definition) is 1. The first-order valence-electron chi connectivity index (χ1n) is 10.7. The highest BCUT2D eigenvalue weighted by Crippen LogP contribution is 2.26. The zero-order valence-electron chi connectivity index (χ0n) is 17.5. The van der Waals surface area contributed by atoms with E-state index in [-0.39, 0.29) is 12.0 Å². The highest BCUT2D eigenvalue weighted by Gasteiger charge is 2.17. The molecule has 4 rings (SSSR count). The van der Waals surface area contributed by atoms with Crippen LogP contribution in [-0.2, 0) is 11.2 Å². The molecule has 0 aromatic heterocycles. The lowest BCUT2D eigenvalue weighted by molar-refractivity contribution is 0.0682. The molecule has 1 N–H and O–H groups in total. The molecule has 3 aromatic carbocycles. The molecule has 5 nitrogen and oxygen atoms in total. The summed E-state index contributed by atoms with van der Waals surface area (Å²) in [5, 5.41) is 2.95. The lowest BCUT2D eigenvalue weighted by Gasteiger charge is -2.15. The number of carbonyl (C=O) groups excluding carboxylic acids is 1. The van der Waals surface area contributed by atoms with Gasteiger partial charge in [0.2, 0.25) is 0 Å². The van der Waals surface area contributed by atoms with E-state index in [0.717, 1.165) is 25.9 Å². The minimum Gasteiger partial charge on any atom is -0.493 e. The van der Waals surface area contributed by atoms with Gasteiger partial charge in [-0.05, 0) is 48.7 Å². The van der Waals surface area contributed by atoms with Crippen molar-refractivity contribution >= 4 is 11.6 Å². The highest BCUT2D eigenvalue weighted by molar-refractivity contribution is 6.05. The number of carbonyl (C=O) groups is 1. The Morgan fingerprint density at radius 3 is 2.65 bits per heavy atom. The van der Waals surface area contributed by atoms with Crippen LogP contribution in [0.4, 0.5) is 5.69 Å². The number of benzene rings is 3. The lowest BCUT2D eigenvalue weighted by Crippen LogP contribution is -2.18. The van der Waals surface area contributed by atoms with Crippen molar-refractivity contribution in [3.05, 3.63) is 90.0 Å².